The monoisotopic (exact) mass is 222 g/mol. The minimum absolute atomic E-state index is 0.351. The lowest BCUT2D eigenvalue weighted by atomic mass is 9.69. The molecule has 1 nitrogen and oxygen atoms in total. The third-order valence-electron chi connectivity index (χ3n) is 6.35. The van der Waals surface area contributed by atoms with Crippen molar-refractivity contribution in [1.29, 1.82) is 0 Å². The number of aliphatic hydroxyl groups is 1. The molecule has 0 aromatic rings. The summed E-state index contributed by atoms with van der Waals surface area (Å²) in [5.74, 6) is 4.01. The largest absolute Gasteiger partial charge is 0.390 e. The lowest BCUT2D eigenvalue weighted by molar-refractivity contribution is 0.0291. The van der Waals surface area contributed by atoms with Crippen LogP contribution in [0, 0.1) is 35.0 Å². The molecule has 3 aliphatic carbocycles. The van der Waals surface area contributed by atoms with E-state index in [-0.39, 0.29) is 5.60 Å². The molecule has 1 spiro atoms. The van der Waals surface area contributed by atoms with Crippen LogP contribution in [0.4, 0.5) is 0 Å². The van der Waals surface area contributed by atoms with Crippen molar-refractivity contribution in [2.75, 3.05) is 0 Å². The first-order valence-corrected chi connectivity index (χ1v) is 7.13. The summed E-state index contributed by atoms with van der Waals surface area (Å²) in [4.78, 5) is 0. The summed E-state index contributed by atoms with van der Waals surface area (Å²) in [6, 6.07) is 0. The summed E-state index contributed by atoms with van der Waals surface area (Å²) >= 11 is 0. The van der Waals surface area contributed by atoms with Crippen molar-refractivity contribution in [1.82, 2.24) is 0 Å². The molecule has 3 rings (SSSR count). The zero-order valence-electron chi connectivity index (χ0n) is 11.2. The molecule has 3 aliphatic rings. The van der Waals surface area contributed by atoms with Gasteiger partial charge in [-0.2, -0.15) is 0 Å². The maximum atomic E-state index is 10.5. The molecule has 16 heavy (non-hydrogen) atoms. The van der Waals surface area contributed by atoms with Crippen molar-refractivity contribution in [3.63, 3.8) is 0 Å². The van der Waals surface area contributed by atoms with E-state index in [9.17, 15) is 5.11 Å². The Hall–Kier alpha value is -0.0400. The van der Waals surface area contributed by atoms with Crippen molar-refractivity contribution < 1.29 is 5.11 Å². The first kappa shape index (κ1) is 11.1. The van der Waals surface area contributed by atoms with Gasteiger partial charge in [0.05, 0.1) is 5.60 Å². The van der Waals surface area contributed by atoms with Gasteiger partial charge in [0.15, 0.2) is 0 Å². The molecule has 6 atom stereocenters. The highest BCUT2D eigenvalue weighted by Crippen LogP contribution is 2.80. The van der Waals surface area contributed by atoms with E-state index in [4.69, 9.17) is 0 Å². The van der Waals surface area contributed by atoms with Crippen molar-refractivity contribution >= 4 is 0 Å². The van der Waals surface area contributed by atoms with E-state index in [0.717, 1.165) is 30.1 Å². The topological polar surface area (TPSA) is 20.2 Å². The number of hydrogen-bond acceptors (Lipinski definition) is 1. The van der Waals surface area contributed by atoms with Gasteiger partial charge in [-0.3, -0.25) is 0 Å². The molecule has 1 heteroatoms. The van der Waals surface area contributed by atoms with Gasteiger partial charge in [-0.25, -0.2) is 0 Å². The standard InChI is InChI=1S/C15H26O/c1-9(2)11-6-5-10(3)15-8-7-14(4,16)13(15)12(11)15/h9-13,16H,5-8H2,1-4H3/t10-,11+,12?,13?,14+,15-/m1/s1. The molecule has 0 aromatic heterocycles. The highest BCUT2D eigenvalue weighted by molar-refractivity contribution is 5.26. The van der Waals surface area contributed by atoms with Crippen LogP contribution in [0.2, 0.25) is 0 Å². The smallest absolute Gasteiger partial charge is 0.0656 e. The molecule has 0 radical (unpaired) electrons. The fourth-order valence-electron chi connectivity index (χ4n) is 5.57. The van der Waals surface area contributed by atoms with Gasteiger partial charge < -0.3 is 5.11 Å². The van der Waals surface area contributed by atoms with Crippen LogP contribution in [0.25, 0.3) is 0 Å². The normalized spacial score (nSPS) is 59.6. The fourth-order valence-corrected chi connectivity index (χ4v) is 5.57. The van der Waals surface area contributed by atoms with Crippen LogP contribution < -0.4 is 0 Å². The molecule has 2 unspecified atom stereocenters. The summed E-state index contributed by atoms with van der Waals surface area (Å²) in [6.45, 7) is 9.27. The van der Waals surface area contributed by atoms with Gasteiger partial charge in [0, 0.05) is 0 Å². The van der Waals surface area contributed by atoms with Gasteiger partial charge in [0.25, 0.3) is 0 Å². The summed E-state index contributed by atoms with van der Waals surface area (Å²) in [5, 5.41) is 10.5. The van der Waals surface area contributed by atoms with Crippen molar-refractivity contribution in [2.45, 2.75) is 59.0 Å². The van der Waals surface area contributed by atoms with Gasteiger partial charge in [-0.15, -0.1) is 0 Å². The number of rotatable bonds is 1. The van der Waals surface area contributed by atoms with Crippen LogP contribution in [0.3, 0.4) is 0 Å². The second kappa shape index (κ2) is 3.04. The zero-order valence-corrected chi connectivity index (χ0v) is 11.2. The van der Waals surface area contributed by atoms with E-state index in [1.54, 1.807) is 0 Å². The van der Waals surface area contributed by atoms with E-state index in [1.807, 2.05) is 0 Å². The van der Waals surface area contributed by atoms with Gasteiger partial charge in [0.1, 0.15) is 0 Å². The Labute approximate surface area is 99.6 Å². The third-order valence-corrected chi connectivity index (χ3v) is 6.35. The summed E-state index contributed by atoms with van der Waals surface area (Å²) < 4.78 is 0. The SMILES string of the molecule is CC(C)[C@@H]1CC[C@@H](C)[C@@]23CC[C@](C)(O)C2C13. The quantitative estimate of drug-likeness (QED) is 0.720. The van der Waals surface area contributed by atoms with E-state index in [0.29, 0.717) is 11.3 Å². The van der Waals surface area contributed by atoms with Crippen molar-refractivity contribution in [3.8, 4) is 0 Å². The lowest BCUT2D eigenvalue weighted by Gasteiger charge is -2.36. The number of fused-ring (bicyclic) bond motifs is 1. The van der Waals surface area contributed by atoms with Crippen LogP contribution in [0.15, 0.2) is 0 Å². The Morgan fingerprint density at radius 3 is 2.50 bits per heavy atom. The summed E-state index contributed by atoms with van der Waals surface area (Å²) in [7, 11) is 0. The van der Waals surface area contributed by atoms with Crippen molar-refractivity contribution in [2.24, 2.45) is 35.0 Å². The molecule has 92 valence electrons. The molecular formula is C15H26O. The maximum Gasteiger partial charge on any atom is 0.0656 e. The Morgan fingerprint density at radius 2 is 1.88 bits per heavy atom. The molecular weight excluding hydrogens is 196 g/mol. The highest BCUT2D eigenvalue weighted by atomic mass is 16.3. The number of hydrogen-bond donors (Lipinski definition) is 1. The Morgan fingerprint density at radius 1 is 1.19 bits per heavy atom. The Bertz CT molecular complexity index is 307. The maximum absolute atomic E-state index is 10.5. The molecule has 0 aromatic carbocycles. The third kappa shape index (κ3) is 1.11. The average molecular weight is 222 g/mol. The van der Waals surface area contributed by atoms with E-state index in [1.165, 1.54) is 19.3 Å². The molecule has 0 aliphatic heterocycles. The van der Waals surface area contributed by atoms with Gasteiger partial charge in [-0.05, 0) is 67.6 Å². The minimum atomic E-state index is -0.351. The second-order valence-electron chi connectivity index (χ2n) is 7.36. The van der Waals surface area contributed by atoms with Crippen LogP contribution in [-0.4, -0.2) is 10.7 Å². The molecule has 3 fully saturated rings. The molecule has 3 saturated carbocycles. The van der Waals surface area contributed by atoms with Crippen LogP contribution in [0.5, 0.6) is 0 Å². The van der Waals surface area contributed by atoms with E-state index >= 15 is 0 Å². The lowest BCUT2D eigenvalue weighted by Crippen LogP contribution is -2.30. The van der Waals surface area contributed by atoms with E-state index < -0.39 is 0 Å². The van der Waals surface area contributed by atoms with Gasteiger partial charge >= 0.3 is 0 Å². The van der Waals surface area contributed by atoms with Crippen LogP contribution >= 0.6 is 0 Å². The highest BCUT2D eigenvalue weighted by Gasteiger charge is 2.77. The molecule has 1 N–H and O–H groups in total. The van der Waals surface area contributed by atoms with Crippen LogP contribution in [0.1, 0.15) is 53.4 Å². The zero-order chi connectivity index (χ0) is 11.7. The molecule has 0 saturated heterocycles. The molecule has 0 bridgehead atoms. The molecule has 0 heterocycles. The van der Waals surface area contributed by atoms with E-state index in [2.05, 4.69) is 27.7 Å². The fraction of sp³-hybridized carbons (Fsp3) is 1.00. The summed E-state index contributed by atoms with van der Waals surface area (Å²) in [6.07, 6.45) is 5.13. The Balaban J connectivity index is 1.92. The summed E-state index contributed by atoms with van der Waals surface area (Å²) in [5.41, 5.74) is 0.201. The minimum Gasteiger partial charge on any atom is -0.390 e. The predicted molar refractivity (Wildman–Crippen MR) is 66.0 cm³/mol. The molecule has 0 amide bonds. The van der Waals surface area contributed by atoms with Crippen LogP contribution in [-0.2, 0) is 0 Å². The average Bonchev–Trinajstić information content (AvgIpc) is 2.79. The van der Waals surface area contributed by atoms with Gasteiger partial charge in [0.2, 0.25) is 0 Å². The van der Waals surface area contributed by atoms with Crippen molar-refractivity contribution in [3.05, 3.63) is 0 Å². The van der Waals surface area contributed by atoms with Gasteiger partial charge in [-0.1, -0.05) is 20.8 Å². The Kier molecular flexibility index (Phi) is 2.11. The second-order valence-corrected chi connectivity index (χ2v) is 7.36. The predicted octanol–water partition coefficient (Wildman–Crippen LogP) is 3.47. The first-order valence-electron chi connectivity index (χ1n) is 7.13. The first-order chi connectivity index (χ1) is 7.41.